The highest BCUT2D eigenvalue weighted by Gasteiger charge is 2.26. The van der Waals surface area contributed by atoms with Gasteiger partial charge < -0.3 is 10.7 Å². The molecule has 0 aliphatic heterocycles. The fourth-order valence-corrected chi connectivity index (χ4v) is 4.96. The molecule has 0 radical (unpaired) electrons. The van der Waals surface area contributed by atoms with E-state index < -0.39 is 0 Å². The van der Waals surface area contributed by atoms with Crippen molar-refractivity contribution in [3.8, 4) is 24.1 Å². The first-order valence-electron chi connectivity index (χ1n) is 13.3. The molecule has 4 nitrogen and oxygen atoms in total. The normalized spacial score (nSPS) is 11.0. The monoisotopic (exact) mass is 528 g/mol. The second kappa shape index (κ2) is 19.6. The lowest BCUT2D eigenvalue weighted by Gasteiger charge is -2.20. The quantitative estimate of drug-likeness (QED) is 0.140. The average Bonchev–Trinajstić information content (AvgIpc) is 3.18. The lowest BCUT2D eigenvalue weighted by atomic mass is 9.92. The molecular formula is C32H52N2O2S. The maximum absolute atomic E-state index is 11.9. The molecule has 0 saturated heterocycles. The van der Waals surface area contributed by atoms with Crippen LogP contribution in [0, 0.1) is 39.0 Å². The van der Waals surface area contributed by atoms with E-state index in [9.17, 15) is 4.79 Å². The van der Waals surface area contributed by atoms with Gasteiger partial charge in [-0.3, -0.25) is 9.59 Å². The molecule has 5 heteroatoms. The van der Waals surface area contributed by atoms with E-state index >= 15 is 0 Å². The molecule has 2 rings (SSSR count). The first-order valence-corrected chi connectivity index (χ1v) is 14.3. The van der Waals surface area contributed by atoms with E-state index in [1.165, 1.54) is 64.2 Å². The number of terminal acetylenes is 1. The third kappa shape index (κ3) is 13.1. The molecule has 37 heavy (non-hydrogen) atoms. The zero-order chi connectivity index (χ0) is 29.2. The number of Topliss-reactive ketones (excluding diaryl/α,β-unsaturated/α-hetero) is 1. The molecule has 0 fully saturated rings. The summed E-state index contributed by atoms with van der Waals surface area (Å²) in [5.74, 6) is 1.53. The summed E-state index contributed by atoms with van der Waals surface area (Å²) >= 11 is 1.77. The SMILES string of the molecule is C#C.CCCCCC.CC[C@@H](C)c1c(-c2cc(C)cc(C)c2)[nH]c(SCC(C)(C)C(C)=O)c1C.NC=O. The van der Waals surface area contributed by atoms with Crippen molar-refractivity contribution in [3.05, 3.63) is 40.5 Å². The zero-order valence-electron chi connectivity index (χ0n) is 25.1. The molecule has 0 saturated carbocycles. The predicted molar refractivity (Wildman–Crippen MR) is 164 cm³/mol. The van der Waals surface area contributed by atoms with Crippen LogP contribution in [0.25, 0.3) is 11.3 Å². The molecule has 1 heterocycles. The van der Waals surface area contributed by atoms with Crippen molar-refractivity contribution in [2.24, 2.45) is 11.1 Å². The summed E-state index contributed by atoms with van der Waals surface area (Å²) in [6, 6.07) is 6.74. The van der Waals surface area contributed by atoms with Gasteiger partial charge in [-0.2, -0.15) is 0 Å². The van der Waals surface area contributed by atoms with Crippen molar-refractivity contribution in [1.82, 2.24) is 4.98 Å². The Bertz CT molecular complexity index is 933. The number of benzene rings is 1. The standard InChI is InChI=1S/C23H33NOS.C6H14.C2H2.CH3NO/c1-9-16(4)20-17(5)22(26-13-23(7,8)18(6)25)24-21(20)19-11-14(2)10-15(3)12-19;1-3-5-6-4-2;1-2;2-1-3/h10-12,16,24H,9,13H2,1-8H3;3-6H2,1-2H3;1-2H;1H,(H2,2,3)/t16-;;;/m1.../s1. The van der Waals surface area contributed by atoms with Gasteiger partial charge in [0.15, 0.2) is 0 Å². The summed E-state index contributed by atoms with van der Waals surface area (Å²) in [5, 5.41) is 1.20. The number of carbonyl (C=O) groups excluding carboxylic acids is 2. The minimum absolute atomic E-state index is 0.242. The molecule has 1 aromatic carbocycles. The van der Waals surface area contributed by atoms with E-state index in [2.05, 4.69) is 90.2 Å². The van der Waals surface area contributed by atoms with Crippen LogP contribution in [0.4, 0.5) is 0 Å². The number of H-pyrrole nitrogens is 1. The first-order chi connectivity index (χ1) is 17.4. The first kappa shape index (κ1) is 36.7. The fraction of sp³-hybridized carbons (Fsp3) is 0.562. The van der Waals surface area contributed by atoms with Crippen LogP contribution in [-0.4, -0.2) is 22.9 Å². The van der Waals surface area contributed by atoms with E-state index in [4.69, 9.17) is 4.79 Å². The van der Waals surface area contributed by atoms with Gasteiger partial charge in [0.25, 0.3) is 0 Å². The lowest BCUT2D eigenvalue weighted by Crippen LogP contribution is -2.24. The van der Waals surface area contributed by atoms with Crippen LogP contribution in [0.2, 0.25) is 0 Å². The number of unbranched alkanes of at least 4 members (excludes halogenated alkanes) is 3. The Kier molecular flexibility index (Phi) is 19.5. The molecule has 0 spiro atoms. The van der Waals surface area contributed by atoms with Crippen LogP contribution < -0.4 is 5.73 Å². The van der Waals surface area contributed by atoms with E-state index in [0.717, 1.165) is 12.2 Å². The van der Waals surface area contributed by atoms with Crippen LogP contribution in [0.15, 0.2) is 23.2 Å². The maximum atomic E-state index is 11.9. The third-order valence-electron chi connectivity index (χ3n) is 6.36. The van der Waals surface area contributed by atoms with Crippen LogP contribution in [0.3, 0.4) is 0 Å². The largest absolute Gasteiger partial charge is 0.372 e. The molecule has 0 aliphatic carbocycles. The molecule has 1 aromatic heterocycles. The minimum atomic E-state index is -0.307. The van der Waals surface area contributed by atoms with Crippen LogP contribution >= 0.6 is 11.8 Å². The highest BCUT2D eigenvalue weighted by molar-refractivity contribution is 7.99. The highest BCUT2D eigenvalue weighted by atomic mass is 32.2. The van der Waals surface area contributed by atoms with E-state index in [-0.39, 0.29) is 17.6 Å². The third-order valence-corrected chi connectivity index (χ3v) is 7.92. The molecule has 3 N–H and O–H groups in total. The number of aryl methyl sites for hydroxylation is 2. The van der Waals surface area contributed by atoms with Crippen LogP contribution in [-0.2, 0) is 9.59 Å². The number of carbonyl (C=O) groups is 2. The van der Waals surface area contributed by atoms with Gasteiger partial charge in [0.05, 0.1) is 10.7 Å². The summed E-state index contributed by atoms with van der Waals surface area (Å²) in [6.45, 7) is 21.3. The number of hydrogen-bond donors (Lipinski definition) is 2. The summed E-state index contributed by atoms with van der Waals surface area (Å²) in [4.78, 5) is 24.2. The van der Waals surface area contributed by atoms with Gasteiger partial charge in [0, 0.05) is 11.2 Å². The van der Waals surface area contributed by atoms with Crippen LogP contribution in [0.1, 0.15) is 109 Å². The number of amides is 1. The summed E-state index contributed by atoms with van der Waals surface area (Å²) in [7, 11) is 0. The number of primary amides is 1. The van der Waals surface area contributed by atoms with Crippen LogP contribution in [0.5, 0.6) is 0 Å². The second-order valence-electron chi connectivity index (χ2n) is 10.1. The Morgan fingerprint density at radius 2 is 1.51 bits per heavy atom. The summed E-state index contributed by atoms with van der Waals surface area (Å²) < 4.78 is 0. The molecule has 0 aliphatic rings. The van der Waals surface area contributed by atoms with E-state index in [0.29, 0.717) is 5.92 Å². The number of ketones is 1. The van der Waals surface area contributed by atoms with Crippen molar-refractivity contribution in [1.29, 1.82) is 0 Å². The van der Waals surface area contributed by atoms with E-state index in [1.807, 2.05) is 13.8 Å². The van der Waals surface area contributed by atoms with Crippen molar-refractivity contribution in [2.45, 2.75) is 112 Å². The van der Waals surface area contributed by atoms with Crippen molar-refractivity contribution >= 4 is 24.0 Å². The Morgan fingerprint density at radius 1 is 1.05 bits per heavy atom. The van der Waals surface area contributed by atoms with E-state index in [1.54, 1.807) is 18.7 Å². The Hall–Kier alpha value is -2.45. The topological polar surface area (TPSA) is 75.9 Å². The van der Waals surface area contributed by atoms with Gasteiger partial charge in [0.1, 0.15) is 5.78 Å². The Morgan fingerprint density at radius 3 is 1.89 bits per heavy atom. The van der Waals surface area contributed by atoms with Gasteiger partial charge >= 0.3 is 0 Å². The zero-order valence-corrected chi connectivity index (χ0v) is 25.9. The molecule has 208 valence electrons. The minimum Gasteiger partial charge on any atom is -0.372 e. The maximum Gasteiger partial charge on any atom is 0.204 e. The highest BCUT2D eigenvalue weighted by Crippen LogP contribution is 2.40. The van der Waals surface area contributed by atoms with Gasteiger partial charge in [-0.25, -0.2) is 0 Å². The second-order valence-corrected chi connectivity index (χ2v) is 11.1. The molecule has 0 bridgehead atoms. The number of aromatic amines is 1. The molecular weight excluding hydrogens is 476 g/mol. The summed E-state index contributed by atoms with van der Waals surface area (Å²) in [5.41, 5.74) is 11.7. The number of thioether (sulfide) groups is 1. The molecule has 0 unspecified atom stereocenters. The summed E-state index contributed by atoms with van der Waals surface area (Å²) in [6.07, 6.45) is 14.9. The lowest BCUT2D eigenvalue weighted by molar-refractivity contribution is -0.123. The van der Waals surface area contributed by atoms with Gasteiger partial charge in [0.2, 0.25) is 6.41 Å². The number of nitrogens with two attached hydrogens (primary N) is 1. The average molecular weight is 529 g/mol. The number of rotatable bonds is 10. The fourth-order valence-electron chi connectivity index (χ4n) is 3.75. The molecule has 1 atom stereocenters. The Labute approximate surface area is 232 Å². The van der Waals surface area contributed by atoms with Crippen molar-refractivity contribution < 1.29 is 9.59 Å². The molecule has 1 amide bonds. The Balaban J connectivity index is 0. The number of nitrogens with one attached hydrogen (secondary N) is 1. The van der Waals surface area contributed by atoms with Gasteiger partial charge in [-0.05, 0) is 68.9 Å². The smallest absolute Gasteiger partial charge is 0.204 e. The number of aromatic nitrogens is 1. The molecule has 2 aromatic rings. The number of hydrogen-bond acceptors (Lipinski definition) is 3. The van der Waals surface area contributed by atoms with Gasteiger partial charge in [-0.15, -0.1) is 24.6 Å². The predicted octanol–water partition coefficient (Wildman–Crippen LogP) is 8.77. The van der Waals surface area contributed by atoms with Gasteiger partial charge in [-0.1, -0.05) is 84.4 Å². The van der Waals surface area contributed by atoms with Crippen molar-refractivity contribution in [2.75, 3.05) is 5.75 Å². The van der Waals surface area contributed by atoms with Crippen molar-refractivity contribution in [3.63, 3.8) is 0 Å².